The number of fused-ring (bicyclic) bond motifs is 3. The predicted molar refractivity (Wildman–Crippen MR) is 72.3 cm³/mol. The van der Waals surface area contributed by atoms with Crippen LogP contribution in [0.2, 0.25) is 0 Å². The number of rotatable bonds is 3. The van der Waals surface area contributed by atoms with Crippen LogP contribution in [-0.2, 0) is 0 Å². The highest BCUT2D eigenvalue weighted by Gasteiger charge is 2.10. The van der Waals surface area contributed by atoms with Crippen LogP contribution < -0.4 is 4.91 Å². The van der Waals surface area contributed by atoms with Gasteiger partial charge in [-0.2, -0.15) is 0 Å². The van der Waals surface area contributed by atoms with Crippen LogP contribution in [0.5, 0.6) is 0 Å². The summed E-state index contributed by atoms with van der Waals surface area (Å²) in [6, 6.07) is 13.5. The van der Waals surface area contributed by atoms with Gasteiger partial charge in [-0.25, -0.2) is 0 Å². The molecule has 2 N–H and O–H groups in total. The standard InChI is InChI=1S/C14H10N4O/c15-18-16-8-14(19)9-5-6-11-10-3-1-2-4-12(10)17-13(11)7-9/h1-7,15H,8H2/p+1. The van der Waals surface area contributed by atoms with Crippen molar-refractivity contribution in [2.75, 3.05) is 6.54 Å². The number of nitrogens with one attached hydrogen (secondary N) is 2. The summed E-state index contributed by atoms with van der Waals surface area (Å²) in [4.78, 5) is 17.9. The molecule has 0 unspecified atom stereocenters. The lowest BCUT2D eigenvalue weighted by Gasteiger charge is -1.96. The molecule has 0 spiro atoms. The lowest BCUT2D eigenvalue weighted by Crippen LogP contribution is -2.02. The molecule has 0 aliphatic carbocycles. The Kier molecular flexibility index (Phi) is 2.67. The topological polar surface area (TPSA) is 83.2 Å². The summed E-state index contributed by atoms with van der Waals surface area (Å²) in [5.74, 6) is -0.142. The monoisotopic (exact) mass is 251 g/mol. The number of Topliss-reactive ketones (excluding diaryl/α,β-unsaturated/α-hetero) is 1. The minimum absolute atomic E-state index is 0.0881. The van der Waals surface area contributed by atoms with Crippen LogP contribution in [-0.4, -0.2) is 17.3 Å². The molecule has 0 atom stereocenters. The SMILES string of the molecule is N=[N+]=NCC(=O)c1ccc2c(c1)[nH]c1ccccc12. The lowest BCUT2D eigenvalue weighted by atomic mass is 10.1. The minimum Gasteiger partial charge on any atom is -0.354 e. The number of benzene rings is 2. The summed E-state index contributed by atoms with van der Waals surface area (Å²) in [6.45, 7) is -0.0881. The first-order valence-electron chi connectivity index (χ1n) is 5.86. The summed E-state index contributed by atoms with van der Waals surface area (Å²) in [7, 11) is 0. The van der Waals surface area contributed by atoms with E-state index in [4.69, 9.17) is 5.53 Å². The second kappa shape index (κ2) is 4.48. The molecule has 0 amide bonds. The van der Waals surface area contributed by atoms with E-state index in [0.717, 1.165) is 21.8 Å². The zero-order valence-electron chi connectivity index (χ0n) is 10.1. The van der Waals surface area contributed by atoms with Crippen molar-refractivity contribution < 1.29 is 4.79 Å². The summed E-state index contributed by atoms with van der Waals surface area (Å²) >= 11 is 0. The first-order valence-corrected chi connectivity index (χ1v) is 5.86. The van der Waals surface area contributed by atoms with Gasteiger partial charge in [0.15, 0.2) is 12.3 Å². The lowest BCUT2D eigenvalue weighted by molar-refractivity contribution is 0.1000. The average molecular weight is 251 g/mol. The van der Waals surface area contributed by atoms with Crippen molar-refractivity contribution in [3.05, 3.63) is 48.0 Å². The van der Waals surface area contributed by atoms with Crippen LogP contribution in [0.1, 0.15) is 10.4 Å². The molecule has 0 aliphatic heterocycles. The maximum Gasteiger partial charge on any atom is 0.214 e. The van der Waals surface area contributed by atoms with Crippen LogP contribution in [0.25, 0.3) is 21.8 Å². The zero-order chi connectivity index (χ0) is 13.2. The summed E-state index contributed by atoms with van der Waals surface area (Å²) < 4.78 is 0. The van der Waals surface area contributed by atoms with E-state index >= 15 is 0 Å². The Hall–Kier alpha value is -2.78. The third-order valence-electron chi connectivity index (χ3n) is 3.11. The fourth-order valence-electron chi connectivity index (χ4n) is 2.22. The Bertz CT molecular complexity index is 828. The maximum atomic E-state index is 11.8. The third kappa shape index (κ3) is 1.92. The van der Waals surface area contributed by atoms with Gasteiger partial charge in [0.05, 0.1) is 0 Å². The van der Waals surface area contributed by atoms with E-state index in [1.165, 1.54) is 0 Å². The number of aromatic amines is 1. The average Bonchev–Trinajstić information content (AvgIpc) is 2.82. The minimum atomic E-state index is -0.142. The Morgan fingerprint density at radius 3 is 2.79 bits per heavy atom. The van der Waals surface area contributed by atoms with Gasteiger partial charge in [0.1, 0.15) is 10.6 Å². The number of carbonyl (C=O) groups excluding carboxylic acids is 1. The molecule has 19 heavy (non-hydrogen) atoms. The van der Waals surface area contributed by atoms with Crippen molar-refractivity contribution in [3.63, 3.8) is 0 Å². The highest BCUT2D eigenvalue weighted by atomic mass is 16.1. The Morgan fingerprint density at radius 2 is 1.95 bits per heavy atom. The van der Waals surface area contributed by atoms with Crippen LogP contribution in [0.15, 0.2) is 47.6 Å². The van der Waals surface area contributed by atoms with E-state index in [-0.39, 0.29) is 12.3 Å². The first-order chi connectivity index (χ1) is 9.29. The number of hydrogen-bond acceptors (Lipinski definition) is 3. The van der Waals surface area contributed by atoms with Crippen molar-refractivity contribution in [1.29, 1.82) is 5.53 Å². The number of aromatic nitrogens is 1. The van der Waals surface area contributed by atoms with Gasteiger partial charge in [-0.05, 0) is 12.1 Å². The smallest absolute Gasteiger partial charge is 0.214 e. The highest BCUT2D eigenvalue weighted by Crippen LogP contribution is 2.25. The third-order valence-corrected chi connectivity index (χ3v) is 3.11. The van der Waals surface area contributed by atoms with E-state index in [1.807, 2.05) is 36.4 Å². The van der Waals surface area contributed by atoms with Gasteiger partial charge >= 0.3 is 0 Å². The van der Waals surface area contributed by atoms with Gasteiger partial charge < -0.3 is 4.98 Å². The summed E-state index contributed by atoms with van der Waals surface area (Å²) in [5.41, 5.74) is 9.11. The van der Waals surface area contributed by atoms with Gasteiger partial charge in [-0.15, -0.1) is 0 Å². The first kappa shape index (κ1) is 11.3. The number of H-pyrrole nitrogens is 1. The van der Waals surface area contributed by atoms with Crippen molar-refractivity contribution in [3.8, 4) is 0 Å². The largest absolute Gasteiger partial charge is 0.354 e. The van der Waals surface area contributed by atoms with Gasteiger partial charge in [-0.3, -0.25) is 4.79 Å². The maximum absolute atomic E-state index is 11.8. The molecule has 3 rings (SSSR count). The summed E-state index contributed by atoms with van der Waals surface area (Å²) in [5, 5.41) is 5.64. The summed E-state index contributed by atoms with van der Waals surface area (Å²) in [6.07, 6.45) is 0. The molecule has 92 valence electrons. The Morgan fingerprint density at radius 1 is 1.16 bits per heavy atom. The van der Waals surface area contributed by atoms with Crippen LogP contribution in [0, 0.1) is 5.53 Å². The van der Waals surface area contributed by atoms with E-state index in [9.17, 15) is 4.79 Å². The molecule has 0 aliphatic rings. The fraction of sp³-hybridized carbons (Fsp3) is 0.0714. The second-order valence-corrected chi connectivity index (χ2v) is 4.25. The number of ketones is 1. The van der Waals surface area contributed by atoms with E-state index in [2.05, 4.69) is 15.0 Å². The van der Waals surface area contributed by atoms with E-state index < -0.39 is 0 Å². The van der Waals surface area contributed by atoms with Crippen molar-refractivity contribution in [1.82, 2.24) is 9.90 Å². The van der Waals surface area contributed by atoms with Crippen LogP contribution in [0.4, 0.5) is 0 Å². The van der Waals surface area contributed by atoms with Crippen molar-refractivity contribution in [2.45, 2.75) is 0 Å². The molecule has 0 fully saturated rings. The molecule has 1 aromatic heterocycles. The molecule has 5 nitrogen and oxygen atoms in total. The van der Waals surface area contributed by atoms with Gasteiger partial charge in [0, 0.05) is 27.4 Å². The van der Waals surface area contributed by atoms with Gasteiger partial charge in [0.25, 0.3) is 0 Å². The van der Waals surface area contributed by atoms with Crippen LogP contribution >= 0.6 is 0 Å². The predicted octanol–water partition coefficient (Wildman–Crippen LogP) is 3.05. The molecular weight excluding hydrogens is 240 g/mol. The molecule has 2 aromatic carbocycles. The molecule has 1 heterocycles. The molecule has 0 bridgehead atoms. The normalized spacial score (nSPS) is 10.5. The second-order valence-electron chi connectivity index (χ2n) is 4.25. The number of carbonyl (C=O) groups is 1. The molecule has 0 radical (unpaired) electrons. The Balaban J connectivity index is 2.13. The van der Waals surface area contributed by atoms with Gasteiger partial charge in [0.2, 0.25) is 4.91 Å². The highest BCUT2D eigenvalue weighted by molar-refractivity contribution is 6.09. The number of nitrogens with zero attached hydrogens (tertiary/aromatic N) is 2. The van der Waals surface area contributed by atoms with Crippen LogP contribution in [0.3, 0.4) is 0 Å². The molecule has 3 aromatic rings. The molecule has 5 heteroatoms. The Labute approximate surface area is 108 Å². The van der Waals surface area contributed by atoms with E-state index in [1.54, 1.807) is 6.07 Å². The fourth-order valence-corrected chi connectivity index (χ4v) is 2.22. The molecular formula is C14H11N4O+. The number of para-hydroxylation sites is 1. The molecule has 0 saturated heterocycles. The van der Waals surface area contributed by atoms with Gasteiger partial charge in [-0.1, -0.05) is 30.3 Å². The quantitative estimate of drug-likeness (QED) is 0.418. The molecule has 0 saturated carbocycles. The van der Waals surface area contributed by atoms with Crippen molar-refractivity contribution >= 4 is 27.6 Å². The number of hydrogen-bond donors (Lipinski definition) is 2. The van der Waals surface area contributed by atoms with E-state index in [0.29, 0.717) is 5.56 Å². The zero-order valence-corrected chi connectivity index (χ0v) is 10.1. The van der Waals surface area contributed by atoms with Crippen molar-refractivity contribution in [2.24, 2.45) is 5.11 Å².